The van der Waals surface area contributed by atoms with Crippen molar-refractivity contribution in [1.82, 2.24) is 10.2 Å². The summed E-state index contributed by atoms with van der Waals surface area (Å²) in [6.45, 7) is 3.94. The number of nitrogens with zero attached hydrogens (tertiary/aromatic N) is 1. The lowest BCUT2D eigenvalue weighted by Crippen LogP contribution is -2.45. The first kappa shape index (κ1) is 19.0. The standard InChI is InChI=1S/C15H20F3N3O2/c1-4-7-19-12(22)8-21(3)9(2)15(23)20-11-6-5-10(16)13(17)14(11)18/h5-6,9H,4,7-8H2,1-3H3,(H,19,22)(H,20,23)/t9-/m1/s1. The Kier molecular flexibility index (Phi) is 7.02. The van der Waals surface area contributed by atoms with Crippen LogP contribution in [0.5, 0.6) is 0 Å². The van der Waals surface area contributed by atoms with E-state index in [0.29, 0.717) is 6.54 Å². The number of amides is 2. The third-order valence-corrected chi connectivity index (χ3v) is 3.30. The molecule has 0 bridgehead atoms. The van der Waals surface area contributed by atoms with Gasteiger partial charge in [0.25, 0.3) is 0 Å². The van der Waals surface area contributed by atoms with Gasteiger partial charge in [-0.25, -0.2) is 13.2 Å². The second-order valence-corrected chi connectivity index (χ2v) is 5.15. The molecule has 0 saturated carbocycles. The van der Waals surface area contributed by atoms with E-state index in [9.17, 15) is 22.8 Å². The summed E-state index contributed by atoms with van der Waals surface area (Å²) in [7, 11) is 1.55. The van der Waals surface area contributed by atoms with Crippen LogP contribution in [-0.4, -0.2) is 42.9 Å². The van der Waals surface area contributed by atoms with Crippen molar-refractivity contribution in [2.24, 2.45) is 0 Å². The van der Waals surface area contributed by atoms with Gasteiger partial charge in [0.2, 0.25) is 11.8 Å². The van der Waals surface area contributed by atoms with Gasteiger partial charge in [0.15, 0.2) is 17.5 Å². The van der Waals surface area contributed by atoms with E-state index in [1.807, 2.05) is 6.92 Å². The number of hydrogen-bond donors (Lipinski definition) is 2. The molecule has 0 saturated heterocycles. The van der Waals surface area contributed by atoms with Crippen LogP contribution in [0, 0.1) is 17.5 Å². The van der Waals surface area contributed by atoms with Crippen molar-refractivity contribution in [3.05, 3.63) is 29.6 Å². The predicted octanol–water partition coefficient (Wildman–Crippen LogP) is 1.89. The molecule has 128 valence electrons. The van der Waals surface area contributed by atoms with Gasteiger partial charge < -0.3 is 10.6 Å². The number of carbonyl (C=O) groups is 2. The normalized spacial score (nSPS) is 12.1. The van der Waals surface area contributed by atoms with E-state index < -0.39 is 35.1 Å². The average molecular weight is 331 g/mol. The average Bonchev–Trinajstić information content (AvgIpc) is 2.52. The zero-order valence-corrected chi connectivity index (χ0v) is 13.3. The molecule has 1 rings (SSSR count). The number of carbonyl (C=O) groups excluding carboxylic acids is 2. The van der Waals surface area contributed by atoms with Crippen molar-refractivity contribution in [1.29, 1.82) is 0 Å². The van der Waals surface area contributed by atoms with E-state index in [1.54, 1.807) is 7.05 Å². The van der Waals surface area contributed by atoms with Crippen LogP contribution in [0.15, 0.2) is 12.1 Å². The lowest BCUT2D eigenvalue weighted by molar-refractivity contribution is -0.124. The molecule has 0 radical (unpaired) electrons. The first-order chi connectivity index (χ1) is 10.8. The third kappa shape index (κ3) is 5.24. The van der Waals surface area contributed by atoms with E-state index in [0.717, 1.165) is 18.6 Å². The van der Waals surface area contributed by atoms with Crippen LogP contribution in [0.3, 0.4) is 0 Å². The van der Waals surface area contributed by atoms with Gasteiger partial charge in [0, 0.05) is 6.54 Å². The van der Waals surface area contributed by atoms with E-state index >= 15 is 0 Å². The lowest BCUT2D eigenvalue weighted by Gasteiger charge is -2.23. The largest absolute Gasteiger partial charge is 0.355 e. The Bertz CT molecular complexity index is 581. The molecule has 0 aliphatic heterocycles. The van der Waals surface area contributed by atoms with Crippen molar-refractivity contribution >= 4 is 17.5 Å². The molecule has 0 aliphatic rings. The lowest BCUT2D eigenvalue weighted by atomic mass is 10.2. The molecule has 0 aliphatic carbocycles. The van der Waals surface area contributed by atoms with Crippen LogP contribution in [0.2, 0.25) is 0 Å². The second-order valence-electron chi connectivity index (χ2n) is 5.15. The fourth-order valence-corrected chi connectivity index (χ4v) is 1.74. The summed E-state index contributed by atoms with van der Waals surface area (Å²) >= 11 is 0. The molecule has 2 N–H and O–H groups in total. The Morgan fingerprint density at radius 2 is 1.87 bits per heavy atom. The molecule has 0 heterocycles. The zero-order chi connectivity index (χ0) is 17.6. The van der Waals surface area contributed by atoms with Gasteiger partial charge in [-0.05, 0) is 32.5 Å². The smallest absolute Gasteiger partial charge is 0.241 e. The van der Waals surface area contributed by atoms with Gasteiger partial charge in [0.1, 0.15) is 0 Å². The molecule has 0 unspecified atom stereocenters. The van der Waals surface area contributed by atoms with Gasteiger partial charge in [0.05, 0.1) is 18.3 Å². The van der Waals surface area contributed by atoms with Gasteiger partial charge in [-0.3, -0.25) is 14.5 Å². The van der Waals surface area contributed by atoms with Crippen molar-refractivity contribution in [3.63, 3.8) is 0 Å². The molecule has 8 heteroatoms. The molecular formula is C15H20F3N3O2. The van der Waals surface area contributed by atoms with Crippen molar-refractivity contribution in [2.45, 2.75) is 26.3 Å². The molecule has 1 atom stereocenters. The number of anilines is 1. The molecule has 1 aromatic carbocycles. The van der Waals surface area contributed by atoms with Gasteiger partial charge in [-0.2, -0.15) is 0 Å². The first-order valence-corrected chi connectivity index (χ1v) is 7.19. The maximum Gasteiger partial charge on any atom is 0.241 e. The predicted molar refractivity (Wildman–Crippen MR) is 80.3 cm³/mol. The van der Waals surface area contributed by atoms with Crippen molar-refractivity contribution in [2.75, 3.05) is 25.5 Å². The van der Waals surface area contributed by atoms with E-state index in [1.165, 1.54) is 11.8 Å². The minimum Gasteiger partial charge on any atom is -0.355 e. The van der Waals surface area contributed by atoms with Gasteiger partial charge in [-0.1, -0.05) is 6.92 Å². The Morgan fingerprint density at radius 3 is 2.48 bits per heavy atom. The summed E-state index contributed by atoms with van der Waals surface area (Å²) in [4.78, 5) is 25.1. The molecule has 2 amide bonds. The molecule has 23 heavy (non-hydrogen) atoms. The molecule has 5 nitrogen and oxygen atoms in total. The van der Waals surface area contributed by atoms with E-state index in [-0.39, 0.29) is 12.5 Å². The second kappa shape index (κ2) is 8.52. The quantitative estimate of drug-likeness (QED) is 0.750. The van der Waals surface area contributed by atoms with Crippen LogP contribution in [0.25, 0.3) is 0 Å². The summed E-state index contributed by atoms with van der Waals surface area (Å²) in [5.74, 6) is -5.33. The number of rotatable bonds is 7. The molecule has 1 aromatic rings. The number of halogens is 3. The fraction of sp³-hybridized carbons (Fsp3) is 0.467. The van der Waals surface area contributed by atoms with Crippen LogP contribution in [0.4, 0.5) is 18.9 Å². The number of likely N-dealkylation sites (N-methyl/N-ethyl adjacent to an activating group) is 1. The molecule has 0 fully saturated rings. The summed E-state index contributed by atoms with van der Waals surface area (Å²) in [6.07, 6.45) is 0.793. The van der Waals surface area contributed by atoms with Crippen LogP contribution in [0.1, 0.15) is 20.3 Å². The Hall–Kier alpha value is -2.09. The maximum absolute atomic E-state index is 13.5. The van der Waals surface area contributed by atoms with E-state index in [2.05, 4.69) is 10.6 Å². The van der Waals surface area contributed by atoms with Crippen molar-refractivity contribution in [3.8, 4) is 0 Å². The zero-order valence-electron chi connectivity index (χ0n) is 13.3. The Labute approximate surface area is 132 Å². The minimum atomic E-state index is -1.65. The molecule has 0 aromatic heterocycles. The topological polar surface area (TPSA) is 61.4 Å². The summed E-state index contributed by atoms with van der Waals surface area (Å²) < 4.78 is 39.5. The Morgan fingerprint density at radius 1 is 1.22 bits per heavy atom. The fourth-order valence-electron chi connectivity index (χ4n) is 1.74. The summed E-state index contributed by atoms with van der Waals surface area (Å²) in [5, 5.41) is 4.85. The van der Waals surface area contributed by atoms with Gasteiger partial charge >= 0.3 is 0 Å². The summed E-state index contributed by atoms with van der Waals surface area (Å²) in [5.41, 5.74) is -0.454. The van der Waals surface area contributed by atoms with Crippen LogP contribution >= 0.6 is 0 Å². The maximum atomic E-state index is 13.5. The van der Waals surface area contributed by atoms with Crippen molar-refractivity contribution < 1.29 is 22.8 Å². The Balaban J connectivity index is 2.66. The highest BCUT2D eigenvalue weighted by molar-refractivity contribution is 5.95. The van der Waals surface area contributed by atoms with Crippen LogP contribution < -0.4 is 10.6 Å². The number of hydrogen-bond acceptors (Lipinski definition) is 3. The monoisotopic (exact) mass is 331 g/mol. The van der Waals surface area contributed by atoms with Gasteiger partial charge in [-0.15, -0.1) is 0 Å². The van der Waals surface area contributed by atoms with E-state index in [4.69, 9.17) is 0 Å². The van der Waals surface area contributed by atoms with Crippen LogP contribution in [-0.2, 0) is 9.59 Å². The molecule has 0 spiro atoms. The minimum absolute atomic E-state index is 0.0190. The first-order valence-electron chi connectivity index (χ1n) is 7.19. The third-order valence-electron chi connectivity index (χ3n) is 3.30. The summed E-state index contributed by atoms with van der Waals surface area (Å²) in [6, 6.07) is 0.891. The highest BCUT2D eigenvalue weighted by Gasteiger charge is 2.22. The highest BCUT2D eigenvalue weighted by Crippen LogP contribution is 2.20. The highest BCUT2D eigenvalue weighted by atomic mass is 19.2. The molecular weight excluding hydrogens is 311 g/mol. The SMILES string of the molecule is CCCNC(=O)CN(C)[C@H](C)C(=O)Nc1ccc(F)c(F)c1F. The number of nitrogens with one attached hydrogen (secondary N) is 2. The number of benzene rings is 1.